The lowest BCUT2D eigenvalue weighted by molar-refractivity contribution is -0.116. The van der Waals surface area contributed by atoms with Crippen LogP contribution in [0.15, 0.2) is 48.7 Å². The molecule has 0 bridgehead atoms. The second kappa shape index (κ2) is 9.78. The van der Waals surface area contributed by atoms with Crippen molar-refractivity contribution in [3.63, 3.8) is 0 Å². The van der Waals surface area contributed by atoms with Crippen LogP contribution in [-0.2, 0) is 11.2 Å². The first-order valence-corrected chi connectivity index (χ1v) is 9.93. The fourth-order valence-electron chi connectivity index (χ4n) is 3.17. The number of ether oxygens (including phenoxy) is 1. The molecule has 2 aromatic carbocycles. The molecule has 0 aliphatic heterocycles. The molecule has 152 valence electrons. The Hall–Kier alpha value is -3.28. The van der Waals surface area contributed by atoms with Crippen LogP contribution in [0, 0.1) is 0 Å². The molecule has 3 N–H and O–H groups in total. The number of hydrogen-bond donors (Lipinski definition) is 3. The number of unbranched alkanes of at least 4 members (excludes halogenated alkanes) is 1. The maximum atomic E-state index is 12.4. The van der Waals surface area contributed by atoms with E-state index in [9.17, 15) is 9.59 Å². The molecule has 0 aliphatic carbocycles. The number of H-pyrrole nitrogens is 1. The van der Waals surface area contributed by atoms with Gasteiger partial charge in [0.25, 0.3) is 5.91 Å². The molecule has 0 atom stereocenters. The Morgan fingerprint density at radius 2 is 1.90 bits per heavy atom. The van der Waals surface area contributed by atoms with Crippen molar-refractivity contribution in [2.45, 2.75) is 32.6 Å². The van der Waals surface area contributed by atoms with Crippen LogP contribution in [0.5, 0.6) is 5.75 Å². The van der Waals surface area contributed by atoms with Crippen LogP contribution >= 0.6 is 0 Å². The second-order valence-electron chi connectivity index (χ2n) is 6.96. The molecule has 0 aliphatic rings. The number of methoxy groups -OCH3 is 1. The Bertz CT molecular complexity index is 977. The number of carbonyl (C=O) groups is 2. The Labute approximate surface area is 170 Å². The third-order valence-electron chi connectivity index (χ3n) is 4.84. The minimum atomic E-state index is -0.133. The molecule has 3 rings (SSSR count). The van der Waals surface area contributed by atoms with Gasteiger partial charge in [0.15, 0.2) is 0 Å². The van der Waals surface area contributed by atoms with E-state index < -0.39 is 0 Å². The van der Waals surface area contributed by atoms with Crippen molar-refractivity contribution >= 4 is 28.4 Å². The van der Waals surface area contributed by atoms with Crippen molar-refractivity contribution < 1.29 is 14.3 Å². The maximum absolute atomic E-state index is 12.4. The van der Waals surface area contributed by atoms with Gasteiger partial charge >= 0.3 is 0 Å². The van der Waals surface area contributed by atoms with Gasteiger partial charge in [-0.05, 0) is 60.9 Å². The number of benzene rings is 2. The van der Waals surface area contributed by atoms with E-state index in [4.69, 9.17) is 4.74 Å². The normalized spacial score (nSPS) is 10.7. The number of hydrogen-bond acceptors (Lipinski definition) is 3. The van der Waals surface area contributed by atoms with E-state index in [-0.39, 0.29) is 11.8 Å². The Balaban J connectivity index is 1.52. The van der Waals surface area contributed by atoms with Gasteiger partial charge in [0, 0.05) is 41.3 Å². The van der Waals surface area contributed by atoms with E-state index in [2.05, 4.69) is 22.5 Å². The van der Waals surface area contributed by atoms with Gasteiger partial charge in [-0.25, -0.2) is 0 Å². The highest BCUT2D eigenvalue weighted by molar-refractivity contribution is 5.95. The average Bonchev–Trinajstić information content (AvgIpc) is 3.14. The first-order chi connectivity index (χ1) is 14.1. The summed E-state index contributed by atoms with van der Waals surface area (Å²) in [6, 6.07) is 12.9. The number of carbonyl (C=O) groups excluding carboxylic acids is 2. The average molecular weight is 393 g/mol. The van der Waals surface area contributed by atoms with Crippen molar-refractivity contribution in [1.82, 2.24) is 10.3 Å². The lowest BCUT2D eigenvalue weighted by Gasteiger charge is -2.08. The van der Waals surface area contributed by atoms with Crippen molar-refractivity contribution in [2.24, 2.45) is 0 Å². The molecular formula is C23H27N3O3. The van der Waals surface area contributed by atoms with Gasteiger partial charge < -0.3 is 20.4 Å². The summed E-state index contributed by atoms with van der Waals surface area (Å²) in [7, 11) is 1.65. The van der Waals surface area contributed by atoms with Crippen molar-refractivity contribution in [3.8, 4) is 5.75 Å². The molecule has 0 spiro atoms. The first kappa shape index (κ1) is 20.5. The molecule has 1 aromatic heterocycles. The number of aromatic nitrogens is 1. The molecule has 0 saturated heterocycles. The van der Waals surface area contributed by atoms with Gasteiger partial charge in [-0.3, -0.25) is 9.59 Å². The maximum Gasteiger partial charge on any atom is 0.251 e. The van der Waals surface area contributed by atoms with Crippen LogP contribution in [0.3, 0.4) is 0 Å². The molecule has 0 unspecified atom stereocenters. The van der Waals surface area contributed by atoms with E-state index in [1.54, 1.807) is 31.4 Å². The smallest absolute Gasteiger partial charge is 0.251 e. The van der Waals surface area contributed by atoms with E-state index in [0.29, 0.717) is 30.6 Å². The van der Waals surface area contributed by atoms with Crippen LogP contribution in [-0.4, -0.2) is 30.5 Å². The van der Waals surface area contributed by atoms with Gasteiger partial charge in [0.2, 0.25) is 5.91 Å². The van der Waals surface area contributed by atoms with Gasteiger partial charge in [-0.1, -0.05) is 13.3 Å². The molecule has 29 heavy (non-hydrogen) atoms. The van der Waals surface area contributed by atoms with E-state index >= 15 is 0 Å². The molecule has 0 saturated carbocycles. The monoisotopic (exact) mass is 393 g/mol. The summed E-state index contributed by atoms with van der Waals surface area (Å²) in [4.78, 5) is 27.4. The number of anilines is 1. The number of amides is 2. The van der Waals surface area contributed by atoms with Gasteiger partial charge in [0.05, 0.1) is 7.11 Å². The van der Waals surface area contributed by atoms with E-state index in [1.165, 1.54) is 0 Å². The van der Waals surface area contributed by atoms with Crippen LogP contribution in [0.2, 0.25) is 0 Å². The predicted octanol–water partition coefficient (Wildman–Crippen LogP) is 4.28. The minimum Gasteiger partial charge on any atom is -0.497 e. The molecule has 6 heteroatoms. The molecule has 6 nitrogen and oxygen atoms in total. The lowest BCUT2D eigenvalue weighted by atomic mass is 10.1. The summed E-state index contributed by atoms with van der Waals surface area (Å²) in [5.74, 6) is 0.676. The SMILES string of the molecule is CCCCC(=O)Nc1ccc(C(=O)NCCc2c[nH]c3ccc(OC)cc23)cc1. The fraction of sp³-hybridized carbons (Fsp3) is 0.304. The summed E-state index contributed by atoms with van der Waals surface area (Å²) in [5, 5.41) is 6.89. The van der Waals surface area contributed by atoms with E-state index in [0.717, 1.165) is 35.1 Å². The summed E-state index contributed by atoms with van der Waals surface area (Å²) < 4.78 is 5.29. The standard InChI is InChI=1S/C23H27N3O3/c1-3-4-5-22(27)26-18-8-6-16(7-9-18)23(28)24-13-12-17-15-25-21-11-10-19(29-2)14-20(17)21/h6-11,14-15,25H,3-5,12-13H2,1-2H3,(H,24,28)(H,26,27). The highest BCUT2D eigenvalue weighted by Crippen LogP contribution is 2.23. The third-order valence-corrected chi connectivity index (χ3v) is 4.84. The highest BCUT2D eigenvalue weighted by Gasteiger charge is 2.09. The highest BCUT2D eigenvalue weighted by atomic mass is 16.5. The van der Waals surface area contributed by atoms with Crippen LogP contribution < -0.4 is 15.4 Å². The van der Waals surface area contributed by atoms with Crippen molar-refractivity contribution in [1.29, 1.82) is 0 Å². The quantitative estimate of drug-likeness (QED) is 0.507. The summed E-state index contributed by atoms with van der Waals surface area (Å²) in [6.07, 6.45) is 5.05. The molecule has 0 fully saturated rings. The Kier molecular flexibility index (Phi) is 6.89. The summed E-state index contributed by atoms with van der Waals surface area (Å²) in [6.45, 7) is 2.58. The Morgan fingerprint density at radius 3 is 2.62 bits per heavy atom. The van der Waals surface area contributed by atoms with Crippen molar-refractivity contribution in [2.75, 3.05) is 19.0 Å². The predicted molar refractivity (Wildman–Crippen MR) is 115 cm³/mol. The van der Waals surface area contributed by atoms with Crippen molar-refractivity contribution in [3.05, 3.63) is 59.8 Å². The zero-order valence-corrected chi connectivity index (χ0v) is 16.9. The minimum absolute atomic E-state index is 0.000545. The zero-order valence-electron chi connectivity index (χ0n) is 16.9. The van der Waals surface area contributed by atoms with E-state index in [1.807, 2.05) is 24.4 Å². The summed E-state index contributed by atoms with van der Waals surface area (Å²) >= 11 is 0. The Morgan fingerprint density at radius 1 is 1.10 bits per heavy atom. The molecule has 0 radical (unpaired) electrons. The van der Waals surface area contributed by atoms with Gasteiger partial charge in [-0.15, -0.1) is 0 Å². The number of nitrogens with one attached hydrogen (secondary N) is 3. The molecular weight excluding hydrogens is 366 g/mol. The zero-order chi connectivity index (χ0) is 20.6. The fourth-order valence-corrected chi connectivity index (χ4v) is 3.17. The first-order valence-electron chi connectivity index (χ1n) is 9.93. The third kappa shape index (κ3) is 5.38. The lowest BCUT2D eigenvalue weighted by Crippen LogP contribution is -2.25. The van der Waals surface area contributed by atoms with Gasteiger partial charge in [0.1, 0.15) is 5.75 Å². The largest absolute Gasteiger partial charge is 0.497 e. The molecule has 2 amide bonds. The number of aromatic amines is 1. The molecule has 3 aromatic rings. The summed E-state index contributed by atoms with van der Waals surface area (Å²) in [5.41, 5.74) is 3.44. The number of rotatable bonds is 9. The number of fused-ring (bicyclic) bond motifs is 1. The second-order valence-corrected chi connectivity index (χ2v) is 6.96. The van der Waals surface area contributed by atoms with Gasteiger partial charge in [-0.2, -0.15) is 0 Å². The van der Waals surface area contributed by atoms with Crippen LogP contribution in [0.4, 0.5) is 5.69 Å². The van der Waals surface area contributed by atoms with Crippen LogP contribution in [0.25, 0.3) is 10.9 Å². The molecule has 1 heterocycles. The topological polar surface area (TPSA) is 83.2 Å². The van der Waals surface area contributed by atoms with Crippen LogP contribution in [0.1, 0.15) is 42.1 Å².